The lowest BCUT2D eigenvalue weighted by Crippen LogP contribution is -2.40. The predicted molar refractivity (Wildman–Crippen MR) is 121 cm³/mol. The van der Waals surface area contributed by atoms with E-state index in [1.54, 1.807) is 6.07 Å². The summed E-state index contributed by atoms with van der Waals surface area (Å²) in [5.74, 6) is 0.855. The molecule has 1 amide bonds. The maximum atomic E-state index is 13.0. The third-order valence-corrected chi connectivity index (χ3v) is 9.14. The Morgan fingerprint density at radius 1 is 1.29 bits per heavy atom. The number of amides is 1. The number of carbonyl (C=O) groups excluding carboxylic acids is 1. The second-order valence-corrected chi connectivity index (χ2v) is 11.0. The van der Waals surface area contributed by atoms with Crippen molar-refractivity contribution in [2.75, 3.05) is 38.7 Å². The molecular weight excluding hydrogens is 436 g/mol. The summed E-state index contributed by atoms with van der Waals surface area (Å²) in [5, 5.41) is 2.87. The number of thiophene rings is 1. The average molecular weight is 465 g/mol. The number of hydrogen-bond donors (Lipinski definition) is 1. The molecule has 2 heterocycles. The van der Waals surface area contributed by atoms with E-state index in [1.807, 2.05) is 6.07 Å². The molecule has 7 nitrogen and oxygen atoms in total. The summed E-state index contributed by atoms with van der Waals surface area (Å²) in [6, 6.07) is 6.54. The molecule has 1 aromatic heterocycles. The fraction of sp³-hybridized carbons (Fsp3) is 0.500. The smallest absolute Gasteiger partial charge is 0.265 e. The Bertz CT molecular complexity index is 1060. The summed E-state index contributed by atoms with van der Waals surface area (Å²) >= 11 is 1.53. The zero-order valence-electron chi connectivity index (χ0n) is 17.8. The summed E-state index contributed by atoms with van der Waals surface area (Å²) in [6.07, 6.45) is 4.35. The Kier molecular flexibility index (Phi) is 6.66. The van der Waals surface area contributed by atoms with E-state index in [-0.39, 0.29) is 10.8 Å². The highest BCUT2D eigenvalue weighted by Crippen LogP contribution is 2.35. The Labute approximate surface area is 187 Å². The lowest BCUT2D eigenvalue weighted by Gasteiger charge is -2.26. The lowest BCUT2D eigenvalue weighted by molar-refractivity contribution is 0.0730. The van der Waals surface area contributed by atoms with Crippen LogP contribution in [-0.2, 0) is 27.6 Å². The van der Waals surface area contributed by atoms with Gasteiger partial charge >= 0.3 is 0 Å². The maximum Gasteiger partial charge on any atom is 0.265 e. The van der Waals surface area contributed by atoms with E-state index < -0.39 is 10.0 Å². The Morgan fingerprint density at radius 3 is 2.77 bits per heavy atom. The summed E-state index contributed by atoms with van der Waals surface area (Å²) in [6.45, 7) is 3.59. The molecular formula is C22H28N2O5S2. The van der Waals surface area contributed by atoms with Crippen LogP contribution in [0.25, 0.3) is 0 Å². The van der Waals surface area contributed by atoms with Crippen molar-refractivity contribution < 1.29 is 22.7 Å². The van der Waals surface area contributed by atoms with E-state index in [9.17, 15) is 13.2 Å². The predicted octanol–water partition coefficient (Wildman–Crippen LogP) is 3.54. The molecule has 2 aromatic rings. The van der Waals surface area contributed by atoms with Crippen molar-refractivity contribution in [1.29, 1.82) is 0 Å². The molecule has 1 aromatic carbocycles. The molecule has 1 N–H and O–H groups in total. The van der Waals surface area contributed by atoms with Gasteiger partial charge in [-0.25, -0.2) is 8.42 Å². The number of morpholine rings is 1. The van der Waals surface area contributed by atoms with Crippen LogP contribution in [0.2, 0.25) is 0 Å². The molecule has 0 saturated carbocycles. The molecule has 168 valence electrons. The van der Waals surface area contributed by atoms with Crippen molar-refractivity contribution in [3.8, 4) is 5.75 Å². The van der Waals surface area contributed by atoms with Gasteiger partial charge in [-0.05, 0) is 55.0 Å². The van der Waals surface area contributed by atoms with Crippen molar-refractivity contribution in [3.05, 3.63) is 39.6 Å². The highest BCUT2D eigenvalue weighted by atomic mass is 32.2. The highest BCUT2D eigenvalue weighted by Gasteiger charge is 2.28. The molecule has 0 unspecified atom stereocenters. The normalized spacial score (nSPS) is 19.6. The number of anilines is 1. The minimum Gasteiger partial charge on any atom is -0.495 e. The molecule has 4 rings (SSSR count). The standard InChI is InChI=1S/C22H28N2O5S2/c1-3-15-4-7-20-16(12-15)13-21(30-20)22(25)23-18-14-17(5-6-19(18)28-2)31(26,27)24-8-10-29-11-9-24/h5-6,13-15H,3-4,7-12H2,1-2H3,(H,23,25)/t15-/m1/s1. The second-order valence-electron chi connectivity index (χ2n) is 7.91. The molecule has 1 fully saturated rings. The lowest BCUT2D eigenvalue weighted by atomic mass is 9.87. The van der Waals surface area contributed by atoms with Crippen LogP contribution in [0.15, 0.2) is 29.2 Å². The minimum atomic E-state index is -3.67. The monoisotopic (exact) mass is 464 g/mol. The first kappa shape index (κ1) is 22.3. The van der Waals surface area contributed by atoms with Gasteiger partial charge in [0.05, 0.1) is 35.8 Å². The van der Waals surface area contributed by atoms with Crippen molar-refractivity contribution in [2.24, 2.45) is 5.92 Å². The van der Waals surface area contributed by atoms with Crippen molar-refractivity contribution >= 4 is 33.0 Å². The fourth-order valence-electron chi connectivity index (χ4n) is 4.12. The van der Waals surface area contributed by atoms with Crippen LogP contribution in [-0.4, -0.2) is 52.0 Å². The highest BCUT2D eigenvalue weighted by molar-refractivity contribution is 7.89. The van der Waals surface area contributed by atoms with E-state index >= 15 is 0 Å². The van der Waals surface area contributed by atoms with Crippen molar-refractivity contribution in [3.63, 3.8) is 0 Å². The Morgan fingerprint density at radius 2 is 2.06 bits per heavy atom. The van der Waals surface area contributed by atoms with Gasteiger partial charge < -0.3 is 14.8 Å². The summed E-state index contributed by atoms with van der Waals surface area (Å²) in [7, 11) is -2.18. The number of carbonyl (C=O) groups is 1. The van der Waals surface area contributed by atoms with Gasteiger partial charge in [0, 0.05) is 18.0 Å². The largest absolute Gasteiger partial charge is 0.495 e. The van der Waals surface area contributed by atoms with Crippen LogP contribution in [0.3, 0.4) is 0 Å². The Balaban J connectivity index is 1.57. The SMILES string of the molecule is CC[C@@H]1CCc2sc(C(=O)Nc3cc(S(=O)(=O)N4CCOCC4)ccc3OC)cc2C1. The minimum absolute atomic E-state index is 0.127. The number of methoxy groups -OCH3 is 1. The first-order chi connectivity index (χ1) is 14.9. The molecule has 0 radical (unpaired) electrons. The number of ether oxygens (including phenoxy) is 2. The molecule has 2 aliphatic rings. The van der Waals surface area contributed by atoms with Crippen LogP contribution < -0.4 is 10.1 Å². The van der Waals surface area contributed by atoms with Crippen LogP contribution in [0, 0.1) is 5.92 Å². The van der Waals surface area contributed by atoms with E-state index in [1.165, 1.54) is 51.7 Å². The number of nitrogens with one attached hydrogen (secondary N) is 1. The molecule has 9 heteroatoms. The van der Waals surface area contributed by atoms with Gasteiger partial charge in [0.15, 0.2) is 0 Å². The van der Waals surface area contributed by atoms with Gasteiger partial charge in [-0.3, -0.25) is 4.79 Å². The third-order valence-electron chi connectivity index (χ3n) is 6.01. The van der Waals surface area contributed by atoms with Gasteiger partial charge in [-0.15, -0.1) is 11.3 Å². The van der Waals surface area contributed by atoms with E-state index in [0.717, 1.165) is 19.3 Å². The number of hydrogen-bond acceptors (Lipinski definition) is 6. The van der Waals surface area contributed by atoms with Crippen molar-refractivity contribution in [2.45, 2.75) is 37.5 Å². The van der Waals surface area contributed by atoms with E-state index in [2.05, 4.69) is 12.2 Å². The van der Waals surface area contributed by atoms with Crippen molar-refractivity contribution in [1.82, 2.24) is 4.31 Å². The molecule has 1 aliphatic heterocycles. The van der Waals surface area contributed by atoms with Crippen LogP contribution in [0.4, 0.5) is 5.69 Å². The number of rotatable bonds is 6. The van der Waals surface area contributed by atoms with Gasteiger partial charge in [0.2, 0.25) is 10.0 Å². The first-order valence-electron chi connectivity index (χ1n) is 10.6. The van der Waals surface area contributed by atoms with E-state index in [0.29, 0.717) is 48.5 Å². The summed E-state index contributed by atoms with van der Waals surface area (Å²) in [4.78, 5) is 15.0. The molecule has 0 bridgehead atoms. The average Bonchev–Trinajstić information content (AvgIpc) is 3.23. The zero-order valence-corrected chi connectivity index (χ0v) is 19.5. The Hall–Kier alpha value is -1.94. The van der Waals surface area contributed by atoms with Crippen LogP contribution in [0.5, 0.6) is 5.75 Å². The summed E-state index contributed by atoms with van der Waals surface area (Å²) in [5.41, 5.74) is 1.61. The summed E-state index contributed by atoms with van der Waals surface area (Å²) < 4.78 is 38.0. The zero-order chi connectivity index (χ0) is 22.0. The fourth-order valence-corrected chi connectivity index (χ4v) is 6.66. The molecule has 31 heavy (non-hydrogen) atoms. The first-order valence-corrected chi connectivity index (χ1v) is 12.9. The van der Waals surface area contributed by atoms with Gasteiger partial charge in [-0.1, -0.05) is 13.3 Å². The number of aryl methyl sites for hydroxylation is 1. The molecule has 1 atom stereocenters. The third kappa shape index (κ3) is 4.64. The molecule has 1 saturated heterocycles. The molecule has 0 spiro atoms. The second kappa shape index (κ2) is 9.28. The number of nitrogens with zero attached hydrogens (tertiary/aromatic N) is 1. The quantitative estimate of drug-likeness (QED) is 0.707. The van der Waals surface area contributed by atoms with Gasteiger partial charge in [-0.2, -0.15) is 4.31 Å². The number of sulfonamides is 1. The maximum absolute atomic E-state index is 13.0. The van der Waals surface area contributed by atoms with Crippen LogP contribution >= 0.6 is 11.3 Å². The molecule has 1 aliphatic carbocycles. The van der Waals surface area contributed by atoms with E-state index in [4.69, 9.17) is 9.47 Å². The number of benzene rings is 1. The topological polar surface area (TPSA) is 84.9 Å². The van der Waals surface area contributed by atoms with Gasteiger partial charge in [0.25, 0.3) is 5.91 Å². The number of fused-ring (bicyclic) bond motifs is 1. The van der Waals surface area contributed by atoms with Crippen LogP contribution in [0.1, 0.15) is 39.9 Å². The van der Waals surface area contributed by atoms with Gasteiger partial charge in [0.1, 0.15) is 5.75 Å².